The predicted molar refractivity (Wildman–Crippen MR) is 74.9 cm³/mol. The summed E-state index contributed by atoms with van der Waals surface area (Å²) in [5.41, 5.74) is 0.251. The van der Waals surface area contributed by atoms with Crippen LogP contribution in [0.1, 0.15) is 64.5 Å². The third kappa shape index (κ3) is 2.42. The van der Waals surface area contributed by atoms with Gasteiger partial charge in [0.05, 0.1) is 5.88 Å². The Kier molecular flexibility index (Phi) is 4.31. The first-order chi connectivity index (χ1) is 8.63. The van der Waals surface area contributed by atoms with E-state index in [0.717, 1.165) is 12.4 Å². The van der Waals surface area contributed by atoms with Crippen LogP contribution < -0.4 is 0 Å². The molecule has 4 heteroatoms. The minimum atomic E-state index is 0.251. The van der Waals surface area contributed by atoms with Crippen LogP contribution in [0.15, 0.2) is 0 Å². The van der Waals surface area contributed by atoms with Gasteiger partial charge in [-0.25, -0.2) is 0 Å². The highest BCUT2D eigenvalue weighted by Crippen LogP contribution is 2.45. The molecule has 102 valence electrons. The van der Waals surface area contributed by atoms with Crippen LogP contribution >= 0.6 is 11.6 Å². The van der Waals surface area contributed by atoms with Crippen LogP contribution in [0.4, 0.5) is 0 Å². The van der Waals surface area contributed by atoms with Crippen molar-refractivity contribution in [3.63, 3.8) is 0 Å². The van der Waals surface area contributed by atoms with Crippen molar-refractivity contribution in [2.75, 3.05) is 0 Å². The Morgan fingerprint density at radius 1 is 1.28 bits per heavy atom. The number of nitrogens with zero attached hydrogens (tertiary/aromatic N) is 3. The Labute approximate surface area is 115 Å². The molecule has 0 spiro atoms. The molecule has 1 heterocycles. The molecule has 0 saturated heterocycles. The van der Waals surface area contributed by atoms with Gasteiger partial charge in [-0.05, 0) is 32.1 Å². The summed E-state index contributed by atoms with van der Waals surface area (Å²) in [7, 11) is 0. The van der Waals surface area contributed by atoms with Gasteiger partial charge in [0.1, 0.15) is 11.6 Å². The number of alkyl halides is 1. The molecule has 0 unspecified atom stereocenters. The van der Waals surface area contributed by atoms with E-state index < -0.39 is 0 Å². The largest absolute Gasteiger partial charge is 0.314 e. The molecular formula is C14H24ClN3. The van der Waals surface area contributed by atoms with Crippen molar-refractivity contribution in [1.29, 1.82) is 0 Å². The van der Waals surface area contributed by atoms with Crippen molar-refractivity contribution in [3.05, 3.63) is 11.6 Å². The van der Waals surface area contributed by atoms with Crippen molar-refractivity contribution < 1.29 is 0 Å². The molecule has 18 heavy (non-hydrogen) atoms. The second-order valence-corrected chi connectivity index (χ2v) is 6.17. The van der Waals surface area contributed by atoms with Gasteiger partial charge < -0.3 is 4.57 Å². The summed E-state index contributed by atoms with van der Waals surface area (Å²) in [6, 6.07) is 0. The summed E-state index contributed by atoms with van der Waals surface area (Å²) in [6.45, 7) is 7.68. The molecule has 0 aromatic carbocycles. The Morgan fingerprint density at radius 3 is 2.44 bits per heavy atom. The normalized spacial score (nSPS) is 18.7. The molecule has 0 bridgehead atoms. The van der Waals surface area contributed by atoms with Crippen LogP contribution in [0.3, 0.4) is 0 Å². The standard InChI is InChI=1S/C14H24ClN3/c1-4-18-12(10-15)16-17-13(18)14(9-11(2)3)7-5-6-8-14/h11H,4-10H2,1-3H3. The number of rotatable bonds is 5. The summed E-state index contributed by atoms with van der Waals surface area (Å²) in [5, 5.41) is 8.78. The highest BCUT2D eigenvalue weighted by Gasteiger charge is 2.40. The van der Waals surface area contributed by atoms with Crippen LogP contribution in [-0.4, -0.2) is 14.8 Å². The Balaban J connectivity index is 2.39. The molecule has 1 aliphatic rings. The van der Waals surface area contributed by atoms with Gasteiger partial charge in [-0.1, -0.05) is 26.7 Å². The number of hydrogen-bond donors (Lipinski definition) is 0. The van der Waals surface area contributed by atoms with E-state index in [4.69, 9.17) is 11.6 Å². The summed E-state index contributed by atoms with van der Waals surface area (Å²) in [6.07, 6.45) is 6.36. The zero-order valence-corrected chi connectivity index (χ0v) is 12.5. The molecule has 3 nitrogen and oxygen atoms in total. The Morgan fingerprint density at radius 2 is 1.94 bits per heavy atom. The van der Waals surface area contributed by atoms with Crippen molar-refractivity contribution in [3.8, 4) is 0 Å². The SMILES string of the molecule is CCn1c(CCl)nnc1C1(CC(C)C)CCCC1. The van der Waals surface area contributed by atoms with E-state index in [2.05, 4.69) is 35.5 Å². The van der Waals surface area contributed by atoms with Gasteiger partial charge in [0.15, 0.2) is 0 Å². The van der Waals surface area contributed by atoms with Crippen molar-refractivity contribution in [2.45, 2.75) is 70.7 Å². The monoisotopic (exact) mass is 269 g/mol. The molecular weight excluding hydrogens is 246 g/mol. The zero-order chi connectivity index (χ0) is 13.2. The zero-order valence-electron chi connectivity index (χ0n) is 11.7. The van der Waals surface area contributed by atoms with Gasteiger partial charge >= 0.3 is 0 Å². The Bertz CT molecular complexity index is 392. The smallest absolute Gasteiger partial charge is 0.147 e. The molecule has 1 aromatic heterocycles. The summed E-state index contributed by atoms with van der Waals surface area (Å²) in [5.74, 6) is 3.26. The van der Waals surface area contributed by atoms with Crippen LogP contribution in [-0.2, 0) is 17.8 Å². The third-order valence-electron chi connectivity index (χ3n) is 4.10. The van der Waals surface area contributed by atoms with Crippen LogP contribution in [0.25, 0.3) is 0 Å². The van der Waals surface area contributed by atoms with Gasteiger partial charge in [0.2, 0.25) is 0 Å². The van der Waals surface area contributed by atoms with E-state index in [9.17, 15) is 0 Å². The average molecular weight is 270 g/mol. The van der Waals surface area contributed by atoms with E-state index in [1.54, 1.807) is 0 Å². The molecule has 1 saturated carbocycles. The fourth-order valence-corrected chi connectivity index (χ4v) is 3.71. The Hall–Kier alpha value is -0.570. The van der Waals surface area contributed by atoms with Gasteiger partial charge in [-0.15, -0.1) is 21.8 Å². The molecule has 2 rings (SSSR count). The molecule has 1 aliphatic carbocycles. The molecule has 0 atom stereocenters. The quantitative estimate of drug-likeness (QED) is 0.759. The highest BCUT2D eigenvalue weighted by atomic mass is 35.5. The summed E-state index contributed by atoms with van der Waals surface area (Å²) in [4.78, 5) is 0. The molecule has 0 amide bonds. The minimum Gasteiger partial charge on any atom is -0.314 e. The molecule has 0 N–H and O–H groups in total. The third-order valence-corrected chi connectivity index (χ3v) is 4.34. The van der Waals surface area contributed by atoms with Gasteiger partial charge in [-0.2, -0.15) is 0 Å². The van der Waals surface area contributed by atoms with E-state index in [-0.39, 0.29) is 5.41 Å². The predicted octanol–water partition coefficient (Wildman–Crippen LogP) is 3.89. The lowest BCUT2D eigenvalue weighted by Crippen LogP contribution is -2.29. The van der Waals surface area contributed by atoms with Crippen LogP contribution in [0.5, 0.6) is 0 Å². The maximum atomic E-state index is 5.96. The van der Waals surface area contributed by atoms with E-state index in [0.29, 0.717) is 11.8 Å². The van der Waals surface area contributed by atoms with Crippen molar-refractivity contribution in [1.82, 2.24) is 14.8 Å². The average Bonchev–Trinajstić information content (AvgIpc) is 2.93. The number of hydrogen-bond acceptors (Lipinski definition) is 2. The lowest BCUT2D eigenvalue weighted by Gasteiger charge is -2.30. The number of aromatic nitrogens is 3. The summed E-state index contributed by atoms with van der Waals surface area (Å²) >= 11 is 5.96. The van der Waals surface area contributed by atoms with E-state index in [1.165, 1.54) is 37.9 Å². The first kappa shape index (κ1) is 13.9. The minimum absolute atomic E-state index is 0.251. The second kappa shape index (κ2) is 5.60. The topological polar surface area (TPSA) is 30.7 Å². The molecule has 0 radical (unpaired) electrons. The molecule has 1 fully saturated rings. The van der Waals surface area contributed by atoms with E-state index >= 15 is 0 Å². The summed E-state index contributed by atoms with van der Waals surface area (Å²) < 4.78 is 2.24. The van der Waals surface area contributed by atoms with Crippen molar-refractivity contribution >= 4 is 11.6 Å². The fourth-order valence-electron chi connectivity index (χ4n) is 3.51. The fraction of sp³-hybridized carbons (Fsp3) is 0.857. The number of halogens is 1. The van der Waals surface area contributed by atoms with Gasteiger partial charge in [-0.3, -0.25) is 0 Å². The molecule has 0 aliphatic heterocycles. The first-order valence-corrected chi connectivity index (χ1v) is 7.65. The van der Waals surface area contributed by atoms with E-state index in [1.807, 2.05) is 0 Å². The maximum absolute atomic E-state index is 5.96. The second-order valence-electron chi connectivity index (χ2n) is 5.90. The van der Waals surface area contributed by atoms with Crippen molar-refractivity contribution in [2.24, 2.45) is 5.92 Å². The molecule has 1 aromatic rings. The van der Waals surface area contributed by atoms with Gasteiger partial charge in [0.25, 0.3) is 0 Å². The lowest BCUT2D eigenvalue weighted by molar-refractivity contribution is 0.316. The van der Waals surface area contributed by atoms with Gasteiger partial charge in [0, 0.05) is 12.0 Å². The van der Waals surface area contributed by atoms with Crippen LogP contribution in [0.2, 0.25) is 0 Å². The lowest BCUT2D eigenvalue weighted by atomic mass is 9.77. The highest BCUT2D eigenvalue weighted by molar-refractivity contribution is 6.16. The first-order valence-electron chi connectivity index (χ1n) is 7.11. The van der Waals surface area contributed by atoms with Crippen LogP contribution in [0, 0.1) is 5.92 Å². The maximum Gasteiger partial charge on any atom is 0.147 e.